The maximum Gasteiger partial charge on any atom is 0.573 e. The van der Waals surface area contributed by atoms with Gasteiger partial charge in [-0.3, -0.25) is 19.6 Å². The molecular weight excluding hydrogens is 469 g/mol. The highest BCUT2D eigenvalue weighted by Crippen LogP contribution is 2.42. The third-order valence-electron chi connectivity index (χ3n) is 4.99. The third kappa shape index (κ3) is 5.96. The van der Waals surface area contributed by atoms with Gasteiger partial charge in [0.1, 0.15) is 22.8 Å². The molecule has 1 aliphatic carbocycles. The zero-order valence-corrected chi connectivity index (χ0v) is 18.3. The van der Waals surface area contributed by atoms with E-state index in [1.54, 1.807) is 6.07 Å². The highest BCUT2D eigenvalue weighted by Gasteiger charge is 2.32. The largest absolute Gasteiger partial charge is 0.573 e. The van der Waals surface area contributed by atoms with Crippen molar-refractivity contribution in [2.45, 2.75) is 25.1 Å². The molecule has 0 aliphatic heterocycles. The van der Waals surface area contributed by atoms with Gasteiger partial charge in [-0.05, 0) is 37.1 Å². The standard InChI is InChI=1S/C23H19F3N4O5/c1-33-20-9-14(35-23(24,25)26)4-5-18(20)34-19-10-16(12-2-3-12)29-11-15(19)22(32)30-13-6-7-28-17(8-13)21(27)31/h4-12H,2-3H2,1H3,(H2,27,31)(H,28,30,32). The van der Waals surface area contributed by atoms with Gasteiger partial charge in [-0.1, -0.05) is 0 Å². The van der Waals surface area contributed by atoms with Crippen LogP contribution in [0.3, 0.4) is 0 Å². The monoisotopic (exact) mass is 488 g/mol. The molecule has 3 aromatic rings. The van der Waals surface area contributed by atoms with Crippen LogP contribution < -0.4 is 25.3 Å². The summed E-state index contributed by atoms with van der Waals surface area (Å²) in [7, 11) is 1.26. The van der Waals surface area contributed by atoms with E-state index in [1.165, 1.54) is 37.7 Å². The Hall–Kier alpha value is -4.35. The number of ether oxygens (including phenoxy) is 3. The van der Waals surface area contributed by atoms with Crippen molar-refractivity contribution in [3.63, 3.8) is 0 Å². The molecule has 12 heteroatoms. The Bertz CT molecular complexity index is 1280. The summed E-state index contributed by atoms with van der Waals surface area (Å²) in [5.74, 6) is -1.48. The van der Waals surface area contributed by atoms with Crippen LogP contribution in [0.4, 0.5) is 18.9 Å². The van der Waals surface area contributed by atoms with Gasteiger partial charge in [0.25, 0.3) is 11.8 Å². The molecule has 9 nitrogen and oxygen atoms in total. The molecular formula is C23H19F3N4O5. The summed E-state index contributed by atoms with van der Waals surface area (Å²) >= 11 is 0. The molecule has 35 heavy (non-hydrogen) atoms. The Morgan fingerprint density at radius 3 is 2.49 bits per heavy atom. The van der Waals surface area contributed by atoms with Gasteiger partial charge in [0, 0.05) is 41.8 Å². The number of hydrogen-bond acceptors (Lipinski definition) is 7. The van der Waals surface area contributed by atoms with Gasteiger partial charge in [-0.25, -0.2) is 0 Å². The van der Waals surface area contributed by atoms with Crippen LogP contribution in [0.25, 0.3) is 0 Å². The number of pyridine rings is 2. The first-order valence-corrected chi connectivity index (χ1v) is 10.3. The summed E-state index contributed by atoms with van der Waals surface area (Å²) in [4.78, 5) is 32.6. The van der Waals surface area contributed by atoms with E-state index in [-0.39, 0.29) is 40.1 Å². The fraction of sp³-hybridized carbons (Fsp3) is 0.217. The predicted molar refractivity (Wildman–Crippen MR) is 117 cm³/mol. The maximum atomic E-state index is 13.0. The molecule has 1 aliphatic rings. The summed E-state index contributed by atoms with van der Waals surface area (Å²) in [6.45, 7) is 0. The van der Waals surface area contributed by atoms with E-state index in [0.717, 1.165) is 25.0 Å². The van der Waals surface area contributed by atoms with E-state index >= 15 is 0 Å². The summed E-state index contributed by atoms with van der Waals surface area (Å²) < 4.78 is 52.7. The van der Waals surface area contributed by atoms with Gasteiger partial charge in [-0.15, -0.1) is 13.2 Å². The first kappa shape index (κ1) is 23.8. The molecule has 2 amide bonds. The van der Waals surface area contributed by atoms with E-state index in [0.29, 0.717) is 5.69 Å². The van der Waals surface area contributed by atoms with E-state index in [9.17, 15) is 22.8 Å². The molecule has 2 aromatic heterocycles. The van der Waals surface area contributed by atoms with Crippen LogP contribution in [0.2, 0.25) is 0 Å². The van der Waals surface area contributed by atoms with Crippen molar-refractivity contribution in [1.29, 1.82) is 0 Å². The molecule has 182 valence electrons. The Morgan fingerprint density at radius 2 is 1.83 bits per heavy atom. The molecule has 4 rings (SSSR count). The zero-order valence-electron chi connectivity index (χ0n) is 18.3. The molecule has 1 aromatic carbocycles. The third-order valence-corrected chi connectivity index (χ3v) is 4.99. The highest BCUT2D eigenvalue weighted by atomic mass is 19.4. The van der Waals surface area contributed by atoms with Crippen molar-refractivity contribution in [3.8, 4) is 23.0 Å². The summed E-state index contributed by atoms with van der Waals surface area (Å²) in [5.41, 5.74) is 6.22. The smallest absolute Gasteiger partial charge is 0.493 e. The topological polar surface area (TPSA) is 126 Å². The molecule has 1 saturated carbocycles. The lowest BCUT2D eigenvalue weighted by molar-refractivity contribution is -0.274. The normalized spacial score (nSPS) is 13.1. The molecule has 0 unspecified atom stereocenters. The lowest BCUT2D eigenvalue weighted by Crippen LogP contribution is -2.17. The minimum absolute atomic E-state index is 0.0348. The van der Waals surface area contributed by atoms with E-state index in [2.05, 4.69) is 20.0 Å². The molecule has 0 radical (unpaired) electrons. The SMILES string of the molecule is COc1cc(OC(F)(F)F)ccc1Oc1cc(C2CC2)ncc1C(=O)Nc1ccnc(C(N)=O)c1. The number of alkyl halides is 3. The average Bonchev–Trinajstić information content (AvgIpc) is 3.64. The van der Waals surface area contributed by atoms with Crippen molar-refractivity contribution in [2.75, 3.05) is 12.4 Å². The number of amides is 2. The number of nitrogens with zero attached hydrogens (tertiary/aromatic N) is 2. The second kappa shape index (κ2) is 9.49. The maximum absolute atomic E-state index is 13.0. The number of anilines is 1. The summed E-state index contributed by atoms with van der Waals surface area (Å²) in [6, 6.07) is 7.72. The van der Waals surface area contributed by atoms with Crippen LogP contribution in [0.5, 0.6) is 23.0 Å². The number of hydrogen-bond donors (Lipinski definition) is 2. The van der Waals surface area contributed by atoms with Gasteiger partial charge in [-0.2, -0.15) is 0 Å². The van der Waals surface area contributed by atoms with E-state index < -0.39 is 23.9 Å². The van der Waals surface area contributed by atoms with Crippen molar-refractivity contribution < 1.29 is 37.0 Å². The second-order valence-corrected chi connectivity index (χ2v) is 7.59. The van der Waals surface area contributed by atoms with Gasteiger partial charge in [0.15, 0.2) is 11.5 Å². The van der Waals surface area contributed by atoms with Crippen molar-refractivity contribution in [1.82, 2.24) is 9.97 Å². The van der Waals surface area contributed by atoms with Crippen molar-refractivity contribution >= 4 is 17.5 Å². The lowest BCUT2D eigenvalue weighted by Gasteiger charge is -2.16. The number of halogens is 3. The Kier molecular flexibility index (Phi) is 6.45. The molecule has 3 N–H and O–H groups in total. The highest BCUT2D eigenvalue weighted by molar-refractivity contribution is 6.06. The van der Waals surface area contributed by atoms with Gasteiger partial charge in [0.2, 0.25) is 0 Å². The van der Waals surface area contributed by atoms with Crippen molar-refractivity contribution in [2.24, 2.45) is 5.73 Å². The number of nitrogens with one attached hydrogen (secondary N) is 1. The van der Waals surface area contributed by atoms with Crippen LogP contribution in [0.15, 0.2) is 48.8 Å². The fourth-order valence-electron chi connectivity index (χ4n) is 3.20. The minimum atomic E-state index is -4.87. The molecule has 0 atom stereocenters. The number of methoxy groups -OCH3 is 1. The van der Waals surface area contributed by atoms with Crippen molar-refractivity contribution in [3.05, 3.63) is 65.7 Å². The molecule has 0 saturated heterocycles. The van der Waals surface area contributed by atoms with Gasteiger partial charge < -0.3 is 25.3 Å². The number of carbonyl (C=O) groups excluding carboxylic acids is 2. The van der Waals surface area contributed by atoms with Gasteiger partial charge >= 0.3 is 6.36 Å². The summed E-state index contributed by atoms with van der Waals surface area (Å²) in [5, 5.41) is 2.62. The van der Waals surface area contributed by atoms with Crippen LogP contribution in [-0.4, -0.2) is 35.3 Å². The Labute approximate surface area is 197 Å². The number of nitrogens with two attached hydrogens (primary N) is 1. The van der Waals surface area contributed by atoms with E-state index in [1.807, 2.05) is 0 Å². The Balaban J connectivity index is 1.64. The zero-order chi connectivity index (χ0) is 25.2. The van der Waals surface area contributed by atoms with Crippen LogP contribution in [0, 0.1) is 0 Å². The molecule has 1 fully saturated rings. The number of primary amides is 1. The first-order chi connectivity index (χ1) is 16.6. The van der Waals surface area contributed by atoms with Crippen LogP contribution >= 0.6 is 0 Å². The lowest BCUT2D eigenvalue weighted by atomic mass is 10.1. The quantitative estimate of drug-likeness (QED) is 0.481. The molecule has 2 heterocycles. The summed E-state index contributed by atoms with van der Waals surface area (Å²) in [6.07, 6.45) is -0.321. The van der Waals surface area contributed by atoms with Crippen LogP contribution in [0.1, 0.15) is 45.3 Å². The number of rotatable bonds is 8. The predicted octanol–water partition coefficient (Wildman–Crippen LogP) is 4.40. The van der Waals surface area contributed by atoms with Crippen LogP contribution in [-0.2, 0) is 0 Å². The molecule has 0 spiro atoms. The first-order valence-electron chi connectivity index (χ1n) is 10.3. The fourth-order valence-corrected chi connectivity index (χ4v) is 3.20. The number of carbonyl (C=O) groups is 2. The number of aromatic nitrogens is 2. The minimum Gasteiger partial charge on any atom is -0.493 e. The van der Waals surface area contributed by atoms with Gasteiger partial charge in [0.05, 0.1) is 7.11 Å². The van der Waals surface area contributed by atoms with E-state index in [4.69, 9.17) is 15.2 Å². The number of benzene rings is 1. The second-order valence-electron chi connectivity index (χ2n) is 7.59. The molecule has 0 bridgehead atoms. The average molecular weight is 488 g/mol. The Morgan fingerprint density at radius 1 is 1.06 bits per heavy atom.